The molecule has 0 aromatic carbocycles. The molecule has 0 fully saturated rings. The maximum atomic E-state index is 12.3. The molecule has 0 spiro atoms. The summed E-state index contributed by atoms with van der Waals surface area (Å²) in [5, 5.41) is 14.1. The molecule has 4 nitrogen and oxygen atoms in total. The van der Waals surface area contributed by atoms with E-state index in [1.807, 2.05) is 0 Å². The Labute approximate surface area is 130 Å². The predicted molar refractivity (Wildman–Crippen MR) is 80.1 cm³/mol. The number of nitrogens with one attached hydrogen (secondary N) is 2. The number of imidazole rings is 1. The third-order valence-electron chi connectivity index (χ3n) is 2.27. The van der Waals surface area contributed by atoms with E-state index in [9.17, 15) is 8.78 Å². The van der Waals surface area contributed by atoms with Crippen LogP contribution in [0.15, 0.2) is 23.4 Å². The van der Waals surface area contributed by atoms with Crippen LogP contribution in [0.1, 0.15) is 5.82 Å². The Kier molecular flexibility index (Phi) is 4.90. The Bertz CT molecular complexity index is 689. The number of nitrogens with zero attached hydrogens (tertiary/aromatic N) is 2. The second-order valence-electron chi connectivity index (χ2n) is 3.53. The molecule has 2 aromatic heterocycles. The van der Waals surface area contributed by atoms with Crippen LogP contribution >= 0.6 is 45.0 Å². The number of fused-ring (bicyclic) bond motifs is 1. The van der Waals surface area contributed by atoms with Gasteiger partial charge in [0.05, 0.1) is 16.7 Å². The largest absolute Gasteiger partial charge is 0.295 e. The lowest BCUT2D eigenvalue weighted by Gasteiger charge is -2.06. The third-order valence-corrected chi connectivity index (χ3v) is 4.29. The molecule has 106 valence electrons. The zero-order chi connectivity index (χ0) is 14.9. The highest BCUT2D eigenvalue weighted by atomic mass is 35.7. The number of aromatic nitrogens is 2. The summed E-state index contributed by atoms with van der Waals surface area (Å²) in [7, 11) is 6.60. The second-order valence-corrected chi connectivity index (χ2v) is 6.08. The first kappa shape index (κ1) is 15.6. The molecule has 0 radical (unpaired) electrons. The molecule has 2 heterocycles. The van der Waals surface area contributed by atoms with Crippen LogP contribution in [0.4, 0.5) is 8.78 Å². The monoisotopic (exact) mass is 354 g/mol. The zero-order valence-corrected chi connectivity index (χ0v) is 12.7. The van der Waals surface area contributed by atoms with E-state index in [-0.39, 0.29) is 10.9 Å². The summed E-state index contributed by atoms with van der Waals surface area (Å²) in [5.41, 5.74) is 0.532. The zero-order valence-electron chi connectivity index (χ0n) is 9.53. The average Bonchev–Trinajstić information content (AvgIpc) is 2.82. The maximum Gasteiger partial charge on any atom is 0.285 e. The summed E-state index contributed by atoms with van der Waals surface area (Å²) in [6, 6.07) is 1.64. The van der Waals surface area contributed by atoms with E-state index in [0.29, 0.717) is 27.2 Å². The van der Waals surface area contributed by atoms with Crippen molar-refractivity contribution in [3.63, 3.8) is 0 Å². The lowest BCUT2D eigenvalue weighted by Crippen LogP contribution is -2.10. The molecule has 0 unspecified atom stereocenters. The SMILES string of the molecule is N=C(SC(=N)C(F)F)c1ncc2c(Cl)cc(SCl)cn12. The number of halogens is 4. The highest BCUT2D eigenvalue weighted by Gasteiger charge is 2.19. The van der Waals surface area contributed by atoms with E-state index in [0.717, 1.165) is 11.0 Å². The van der Waals surface area contributed by atoms with Gasteiger partial charge >= 0.3 is 0 Å². The van der Waals surface area contributed by atoms with Crippen LogP contribution in [0.2, 0.25) is 5.02 Å². The molecule has 2 aromatic rings. The van der Waals surface area contributed by atoms with Crippen molar-refractivity contribution >= 4 is 60.6 Å². The van der Waals surface area contributed by atoms with Gasteiger partial charge in [0.25, 0.3) is 6.43 Å². The van der Waals surface area contributed by atoms with Crippen molar-refractivity contribution in [1.29, 1.82) is 10.8 Å². The van der Waals surface area contributed by atoms with Gasteiger partial charge < -0.3 is 0 Å². The fraction of sp³-hybridized carbons (Fsp3) is 0.100. The number of thioether (sulfide) groups is 1. The number of hydrogen-bond donors (Lipinski definition) is 2. The Morgan fingerprint density at radius 3 is 2.70 bits per heavy atom. The minimum Gasteiger partial charge on any atom is -0.295 e. The van der Waals surface area contributed by atoms with Gasteiger partial charge in [-0.25, -0.2) is 13.8 Å². The molecule has 0 aliphatic heterocycles. The van der Waals surface area contributed by atoms with Crippen molar-refractivity contribution < 1.29 is 8.78 Å². The molecular weight excluding hydrogens is 349 g/mol. The second kappa shape index (κ2) is 6.30. The van der Waals surface area contributed by atoms with E-state index < -0.39 is 11.5 Å². The van der Waals surface area contributed by atoms with Gasteiger partial charge in [0.1, 0.15) is 10.1 Å². The summed E-state index contributed by atoms with van der Waals surface area (Å²) in [4.78, 5) is 4.61. The molecule has 0 bridgehead atoms. The van der Waals surface area contributed by atoms with Crippen LogP contribution in [-0.2, 0) is 0 Å². The lowest BCUT2D eigenvalue weighted by atomic mass is 10.4. The summed E-state index contributed by atoms with van der Waals surface area (Å²) < 4.78 is 26.1. The first-order valence-electron chi connectivity index (χ1n) is 5.02. The fourth-order valence-corrected chi connectivity index (χ4v) is 2.88. The molecule has 10 heteroatoms. The highest BCUT2D eigenvalue weighted by molar-refractivity contribution is 8.26. The van der Waals surface area contributed by atoms with Crippen LogP contribution in [0.5, 0.6) is 0 Å². The van der Waals surface area contributed by atoms with E-state index in [1.54, 1.807) is 12.3 Å². The number of pyridine rings is 1. The molecule has 0 atom stereocenters. The molecule has 0 saturated heterocycles. The maximum absolute atomic E-state index is 12.3. The van der Waals surface area contributed by atoms with Gasteiger partial charge in [-0.1, -0.05) is 11.6 Å². The average molecular weight is 355 g/mol. The van der Waals surface area contributed by atoms with Crippen LogP contribution in [0, 0.1) is 10.8 Å². The van der Waals surface area contributed by atoms with Crippen molar-refractivity contribution in [2.45, 2.75) is 11.3 Å². The fourth-order valence-electron chi connectivity index (χ4n) is 1.44. The first-order valence-corrected chi connectivity index (χ1v) is 7.86. The summed E-state index contributed by atoms with van der Waals surface area (Å²) >= 11 is 6.39. The van der Waals surface area contributed by atoms with Gasteiger partial charge in [0.2, 0.25) is 0 Å². The molecule has 2 N–H and O–H groups in total. The number of alkyl halides is 2. The molecule has 0 saturated carbocycles. The smallest absolute Gasteiger partial charge is 0.285 e. The first-order chi connectivity index (χ1) is 9.43. The molecule has 0 aliphatic carbocycles. The van der Waals surface area contributed by atoms with Crippen molar-refractivity contribution in [1.82, 2.24) is 9.38 Å². The number of rotatable bonds is 3. The number of hydrogen-bond acceptors (Lipinski definition) is 5. The lowest BCUT2D eigenvalue weighted by molar-refractivity contribution is 0.228. The normalized spacial score (nSPS) is 11.2. The molecule has 2 rings (SSSR count). The van der Waals surface area contributed by atoms with Crippen LogP contribution in [0.25, 0.3) is 5.52 Å². The van der Waals surface area contributed by atoms with Crippen LogP contribution in [0.3, 0.4) is 0 Å². The standard InChI is InChI=1S/C10H6Cl2F2N4S2/c11-5-1-4(20-12)3-18-6(5)2-17-10(18)9(16)19-8(15)7(13)14/h1-3,7,15-16H. The molecule has 0 aliphatic rings. The van der Waals surface area contributed by atoms with Crippen LogP contribution in [-0.4, -0.2) is 25.9 Å². The van der Waals surface area contributed by atoms with Gasteiger partial charge in [-0.05, 0) is 39.5 Å². The topological polar surface area (TPSA) is 65.0 Å². The minimum atomic E-state index is -2.91. The van der Waals surface area contributed by atoms with E-state index >= 15 is 0 Å². The van der Waals surface area contributed by atoms with Gasteiger partial charge in [0, 0.05) is 11.1 Å². The van der Waals surface area contributed by atoms with Gasteiger partial charge in [-0.15, -0.1) is 0 Å². The van der Waals surface area contributed by atoms with E-state index in [4.69, 9.17) is 33.1 Å². The quantitative estimate of drug-likeness (QED) is 0.628. The minimum absolute atomic E-state index is 0.130. The van der Waals surface area contributed by atoms with E-state index in [2.05, 4.69) is 4.98 Å². The van der Waals surface area contributed by atoms with Gasteiger partial charge in [-0.3, -0.25) is 15.2 Å². The molecule has 20 heavy (non-hydrogen) atoms. The van der Waals surface area contributed by atoms with E-state index in [1.165, 1.54) is 10.6 Å². The highest BCUT2D eigenvalue weighted by Crippen LogP contribution is 2.29. The third kappa shape index (κ3) is 3.08. The summed E-state index contributed by atoms with van der Waals surface area (Å²) in [6.07, 6.45) is 0.119. The van der Waals surface area contributed by atoms with Crippen molar-refractivity contribution in [3.05, 3.63) is 29.3 Å². The molecule has 0 amide bonds. The molecular formula is C10H6Cl2F2N4S2. The van der Waals surface area contributed by atoms with Crippen molar-refractivity contribution in [3.8, 4) is 0 Å². The Morgan fingerprint density at radius 1 is 1.40 bits per heavy atom. The summed E-state index contributed by atoms with van der Waals surface area (Å²) in [6.45, 7) is 0. The Morgan fingerprint density at radius 2 is 2.10 bits per heavy atom. The Balaban J connectivity index is 2.42. The summed E-state index contributed by atoms with van der Waals surface area (Å²) in [5.74, 6) is 0.130. The van der Waals surface area contributed by atoms with Gasteiger partial charge in [0.15, 0.2) is 5.82 Å². The van der Waals surface area contributed by atoms with Gasteiger partial charge in [-0.2, -0.15) is 0 Å². The van der Waals surface area contributed by atoms with Crippen molar-refractivity contribution in [2.75, 3.05) is 0 Å². The van der Waals surface area contributed by atoms with Crippen LogP contribution < -0.4 is 0 Å². The Hall–Kier alpha value is -0.830. The van der Waals surface area contributed by atoms with Crippen molar-refractivity contribution in [2.24, 2.45) is 0 Å². The predicted octanol–water partition coefficient (Wildman–Crippen LogP) is 4.53.